The molecule has 1 nitrogen and oxygen atoms in total. The third kappa shape index (κ3) is 10.0. The van der Waals surface area contributed by atoms with Crippen molar-refractivity contribution in [3.05, 3.63) is 94.7 Å². The van der Waals surface area contributed by atoms with Gasteiger partial charge in [0, 0.05) is 6.04 Å². The standard InChI is InChI=1S/C52H77N/c1-4-6-15-40(14-5-2)42-30-33-46(34-31-42)52(37-53-49-18-8-7-9-19-49)51-21-13-12-20-50(51)38(3)39-22-24-43(25-23-39)44-26-28-45(29-27-44)48-35-32-41-16-10-11-17-47(41)36-48/h4,6,10,12,15-16,20,24,26,28,36,39,41-42,44-46,48-49,51-53H,5,7-9,11,13-14,17-19,21-23,25,27,29-35,37H2,1-3H3/b6-4-,40-15+,50-38+. The predicted octanol–water partition coefficient (Wildman–Crippen LogP) is 14.5. The lowest BCUT2D eigenvalue weighted by atomic mass is 9.65. The summed E-state index contributed by atoms with van der Waals surface area (Å²) in [5, 5.41) is 4.23. The van der Waals surface area contributed by atoms with Crippen molar-refractivity contribution < 1.29 is 0 Å². The highest BCUT2D eigenvalue weighted by Crippen LogP contribution is 2.47. The Morgan fingerprint density at radius 3 is 2.32 bits per heavy atom. The van der Waals surface area contributed by atoms with E-state index in [1.54, 1.807) is 27.9 Å². The highest BCUT2D eigenvalue weighted by atomic mass is 14.9. The van der Waals surface area contributed by atoms with Gasteiger partial charge in [0.05, 0.1) is 0 Å². The lowest BCUT2D eigenvalue weighted by Crippen LogP contribution is -2.41. The van der Waals surface area contributed by atoms with Crippen LogP contribution >= 0.6 is 0 Å². The molecule has 0 saturated heterocycles. The van der Waals surface area contributed by atoms with E-state index in [0.717, 1.165) is 53.4 Å². The Labute approximate surface area is 326 Å². The molecule has 0 bridgehead atoms. The number of fused-ring (bicyclic) bond motifs is 1. The third-order valence-electron chi connectivity index (χ3n) is 15.7. The van der Waals surface area contributed by atoms with E-state index >= 15 is 0 Å². The van der Waals surface area contributed by atoms with Gasteiger partial charge in [-0.2, -0.15) is 0 Å². The molecule has 0 spiro atoms. The molecule has 0 aromatic heterocycles. The van der Waals surface area contributed by atoms with E-state index in [9.17, 15) is 0 Å². The van der Waals surface area contributed by atoms with Crippen LogP contribution in [0.3, 0.4) is 0 Å². The first-order chi connectivity index (χ1) is 26.1. The maximum Gasteiger partial charge on any atom is 0.00671 e. The van der Waals surface area contributed by atoms with Crippen molar-refractivity contribution in [1.82, 2.24) is 5.32 Å². The van der Waals surface area contributed by atoms with E-state index in [-0.39, 0.29) is 0 Å². The van der Waals surface area contributed by atoms with Gasteiger partial charge in [0.1, 0.15) is 0 Å². The van der Waals surface area contributed by atoms with Gasteiger partial charge >= 0.3 is 0 Å². The summed E-state index contributed by atoms with van der Waals surface area (Å²) in [6.45, 7) is 8.32. The second kappa shape index (κ2) is 19.6. The Bertz CT molecular complexity index is 1430. The van der Waals surface area contributed by atoms with E-state index in [1.807, 2.05) is 0 Å². The summed E-state index contributed by atoms with van der Waals surface area (Å²) in [6, 6.07) is 0.752. The molecular formula is C52H77N. The van der Waals surface area contributed by atoms with E-state index < -0.39 is 0 Å². The molecule has 7 aliphatic carbocycles. The molecule has 53 heavy (non-hydrogen) atoms. The van der Waals surface area contributed by atoms with Gasteiger partial charge < -0.3 is 5.32 Å². The molecule has 2 fully saturated rings. The Kier molecular flexibility index (Phi) is 14.5. The van der Waals surface area contributed by atoms with E-state index in [0.29, 0.717) is 5.92 Å². The van der Waals surface area contributed by atoms with E-state index in [1.165, 1.54) is 148 Å². The molecule has 2 saturated carbocycles. The molecular weight excluding hydrogens is 639 g/mol. The molecule has 7 aliphatic rings. The fourth-order valence-electron chi connectivity index (χ4n) is 12.4. The predicted molar refractivity (Wildman–Crippen MR) is 230 cm³/mol. The number of hydrogen-bond donors (Lipinski definition) is 1. The quantitative estimate of drug-likeness (QED) is 0.157. The summed E-state index contributed by atoms with van der Waals surface area (Å²) in [5.41, 5.74) is 8.75. The first-order valence-corrected chi connectivity index (χ1v) is 23.3. The molecule has 7 rings (SSSR count). The van der Waals surface area contributed by atoms with Crippen molar-refractivity contribution in [1.29, 1.82) is 0 Å². The average Bonchev–Trinajstić information content (AvgIpc) is 3.23. The molecule has 290 valence electrons. The fraction of sp³-hybridized carbons (Fsp3) is 0.692. The summed E-state index contributed by atoms with van der Waals surface area (Å²) in [4.78, 5) is 0. The molecule has 0 aromatic carbocycles. The second-order valence-corrected chi connectivity index (χ2v) is 18.8. The minimum atomic E-state index is 0.695. The normalized spacial score (nSPS) is 35.9. The number of rotatable bonds is 12. The minimum absolute atomic E-state index is 0.695. The zero-order chi connectivity index (χ0) is 36.4. The number of hydrogen-bond acceptors (Lipinski definition) is 1. The summed E-state index contributed by atoms with van der Waals surface area (Å²) in [5.74, 6) is 6.90. The summed E-state index contributed by atoms with van der Waals surface area (Å²) in [6.07, 6.45) is 57.7. The Morgan fingerprint density at radius 1 is 0.774 bits per heavy atom. The Morgan fingerprint density at radius 2 is 1.58 bits per heavy atom. The molecule has 7 unspecified atom stereocenters. The van der Waals surface area contributed by atoms with Gasteiger partial charge in [-0.25, -0.2) is 0 Å². The largest absolute Gasteiger partial charge is 0.314 e. The molecule has 7 atom stereocenters. The monoisotopic (exact) mass is 716 g/mol. The highest BCUT2D eigenvalue weighted by Gasteiger charge is 2.37. The van der Waals surface area contributed by atoms with Crippen LogP contribution in [-0.4, -0.2) is 12.6 Å². The van der Waals surface area contributed by atoms with Crippen LogP contribution in [0.5, 0.6) is 0 Å². The van der Waals surface area contributed by atoms with Crippen molar-refractivity contribution in [3.8, 4) is 0 Å². The average molecular weight is 716 g/mol. The topological polar surface area (TPSA) is 12.0 Å². The van der Waals surface area contributed by atoms with Crippen LogP contribution in [0.2, 0.25) is 0 Å². The van der Waals surface area contributed by atoms with Gasteiger partial charge in [0.15, 0.2) is 0 Å². The lowest BCUT2D eigenvalue weighted by Gasteiger charge is -2.42. The molecule has 1 heteroatoms. The van der Waals surface area contributed by atoms with Crippen LogP contribution in [-0.2, 0) is 0 Å². The van der Waals surface area contributed by atoms with E-state index in [4.69, 9.17) is 0 Å². The van der Waals surface area contributed by atoms with Gasteiger partial charge in [0.2, 0.25) is 0 Å². The first-order valence-electron chi connectivity index (χ1n) is 23.3. The van der Waals surface area contributed by atoms with Gasteiger partial charge in [0.25, 0.3) is 0 Å². The Balaban J connectivity index is 1.01. The van der Waals surface area contributed by atoms with Gasteiger partial charge in [-0.3, -0.25) is 0 Å². The van der Waals surface area contributed by atoms with Crippen molar-refractivity contribution >= 4 is 0 Å². The fourth-order valence-corrected chi connectivity index (χ4v) is 12.4. The molecule has 0 radical (unpaired) electrons. The first kappa shape index (κ1) is 39.1. The van der Waals surface area contributed by atoms with Gasteiger partial charge in [-0.15, -0.1) is 0 Å². The molecule has 0 heterocycles. The molecule has 0 amide bonds. The molecule has 1 N–H and O–H groups in total. The maximum atomic E-state index is 4.23. The second-order valence-electron chi connectivity index (χ2n) is 18.8. The van der Waals surface area contributed by atoms with Crippen LogP contribution < -0.4 is 5.32 Å². The van der Waals surface area contributed by atoms with Crippen LogP contribution in [0.1, 0.15) is 162 Å². The zero-order valence-corrected chi connectivity index (χ0v) is 34.4. The summed E-state index contributed by atoms with van der Waals surface area (Å²) < 4.78 is 0. The van der Waals surface area contributed by atoms with Crippen LogP contribution in [0, 0.1) is 53.3 Å². The minimum Gasteiger partial charge on any atom is -0.314 e. The number of allylic oxidation sites excluding steroid dienone is 16. The zero-order valence-electron chi connectivity index (χ0n) is 34.4. The van der Waals surface area contributed by atoms with Crippen LogP contribution in [0.15, 0.2) is 94.7 Å². The van der Waals surface area contributed by atoms with Gasteiger partial charge in [-0.1, -0.05) is 122 Å². The molecule has 0 aliphatic heterocycles. The molecule has 0 aromatic rings. The van der Waals surface area contributed by atoms with Crippen molar-refractivity contribution in [2.24, 2.45) is 53.3 Å². The summed E-state index contributed by atoms with van der Waals surface area (Å²) >= 11 is 0. The third-order valence-corrected chi connectivity index (χ3v) is 15.7. The van der Waals surface area contributed by atoms with Crippen molar-refractivity contribution in [2.45, 2.75) is 168 Å². The summed E-state index contributed by atoms with van der Waals surface area (Å²) in [7, 11) is 0. The van der Waals surface area contributed by atoms with E-state index in [2.05, 4.69) is 92.9 Å². The van der Waals surface area contributed by atoms with Gasteiger partial charge in [-0.05, 0) is 195 Å². The highest BCUT2D eigenvalue weighted by molar-refractivity contribution is 5.34. The van der Waals surface area contributed by atoms with Crippen molar-refractivity contribution in [3.63, 3.8) is 0 Å². The lowest BCUT2D eigenvalue weighted by molar-refractivity contribution is 0.158. The number of nitrogens with one attached hydrogen (secondary N) is 1. The Hall–Kier alpha value is -2.12. The van der Waals surface area contributed by atoms with Crippen LogP contribution in [0.4, 0.5) is 0 Å². The maximum absolute atomic E-state index is 4.23. The van der Waals surface area contributed by atoms with Crippen LogP contribution in [0.25, 0.3) is 0 Å². The SMILES string of the molecule is C/C=C\C=C(/CCC)C1CCC(C(CNC2CCCCC2)C2CCC=C/C2=C(/C)C2CC=C(C3C=CC(C4C=C5CCC=CC5CC4)CC3)CC2)CC1. The smallest absolute Gasteiger partial charge is 0.00671 e. The van der Waals surface area contributed by atoms with Crippen molar-refractivity contribution in [2.75, 3.05) is 6.54 Å².